The van der Waals surface area contributed by atoms with Crippen LogP contribution in [0.5, 0.6) is 5.75 Å². The van der Waals surface area contributed by atoms with E-state index in [0.29, 0.717) is 49.2 Å². The second-order valence-electron chi connectivity index (χ2n) is 9.17. The van der Waals surface area contributed by atoms with Gasteiger partial charge in [0, 0.05) is 55.2 Å². The number of ether oxygens (including phenoxy) is 2. The molecule has 3 aromatic rings. The Kier molecular flexibility index (Phi) is 7.37. The molecular formula is C26H31F2N3O3. The zero-order chi connectivity index (χ0) is 23.3. The number of likely N-dealkylation sites (tertiary alicyclic amines) is 1. The first kappa shape index (κ1) is 23.2. The minimum Gasteiger partial charge on any atom is -0.493 e. The van der Waals surface area contributed by atoms with Crippen molar-refractivity contribution in [2.45, 2.75) is 31.7 Å². The quantitative estimate of drug-likeness (QED) is 0.448. The summed E-state index contributed by atoms with van der Waals surface area (Å²) in [6, 6.07) is 9.80. The summed E-state index contributed by atoms with van der Waals surface area (Å²) in [5.74, 6) is 0.391. The standard InChI is InChI=1S/C26H31F2N3O3/c27-21-3-5-23-25(16-21)34-29-26(23)19-6-9-30(10-7-19)8-1-13-33-22-4-2-20(24(28)17-22)18-31-11-14-32-15-12-31/h2-5,16-17,19H,1,6-15,18H2. The fourth-order valence-corrected chi connectivity index (χ4v) is 4.88. The molecule has 2 saturated heterocycles. The molecule has 182 valence electrons. The minimum atomic E-state index is -0.307. The van der Waals surface area contributed by atoms with Gasteiger partial charge in [-0.2, -0.15) is 0 Å². The summed E-state index contributed by atoms with van der Waals surface area (Å²) < 4.78 is 44.4. The third-order valence-electron chi connectivity index (χ3n) is 6.85. The molecule has 8 heteroatoms. The number of benzene rings is 2. The molecule has 0 radical (unpaired) electrons. The average molecular weight is 472 g/mol. The molecule has 34 heavy (non-hydrogen) atoms. The smallest absolute Gasteiger partial charge is 0.170 e. The molecule has 3 heterocycles. The number of fused-ring (bicyclic) bond motifs is 1. The average Bonchev–Trinajstić information content (AvgIpc) is 3.27. The lowest BCUT2D eigenvalue weighted by Crippen LogP contribution is -2.35. The molecule has 0 saturated carbocycles. The van der Waals surface area contributed by atoms with Gasteiger partial charge in [-0.15, -0.1) is 0 Å². The van der Waals surface area contributed by atoms with Crippen LogP contribution in [-0.4, -0.2) is 67.5 Å². The lowest BCUT2D eigenvalue weighted by atomic mass is 9.91. The number of morpholine rings is 1. The fourth-order valence-electron chi connectivity index (χ4n) is 4.88. The van der Waals surface area contributed by atoms with E-state index in [1.807, 2.05) is 12.1 Å². The number of aromatic nitrogens is 1. The van der Waals surface area contributed by atoms with Gasteiger partial charge in [-0.25, -0.2) is 8.78 Å². The van der Waals surface area contributed by atoms with Crippen LogP contribution in [0, 0.1) is 11.6 Å². The summed E-state index contributed by atoms with van der Waals surface area (Å²) >= 11 is 0. The van der Waals surface area contributed by atoms with E-state index in [1.165, 1.54) is 18.2 Å². The first-order valence-electron chi connectivity index (χ1n) is 12.1. The molecular weight excluding hydrogens is 440 g/mol. The number of hydrogen-bond acceptors (Lipinski definition) is 6. The first-order valence-corrected chi connectivity index (χ1v) is 12.1. The van der Waals surface area contributed by atoms with Crippen molar-refractivity contribution in [2.75, 3.05) is 52.5 Å². The van der Waals surface area contributed by atoms with Gasteiger partial charge in [0.25, 0.3) is 0 Å². The number of nitrogens with zero attached hydrogens (tertiary/aromatic N) is 3. The van der Waals surface area contributed by atoms with Crippen LogP contribution >= 0.6 is 0 Å². The van der Waals surface area contributed by atoms with E-state index < -0.39 is 0 Å². The van der Waals surface area contributed by atoms with Crippen molar-refractivity contribution >= 4 is 11.0 Å². The summed E-state index contributed by atoms with van der Waals surface area (Å²) in [5.41, 5.74) is 2.15. The monoisotopic (exact) mass is 471 g/mol. The Bertz CT molecular complexity index is 1090. The maximum Gasteiger partial charge on any atom is 0.170 e. The van der Waals surface area contributed by atoms with Gasteiger partial charge in [0.2, 0.25) is 0 Å². The predicted molar refractivity (Wildman–Crippen MR) is 125 cm³/mol. The lowest BCUT2D eigenvalue weighted by molar-refractivity contribution is 0.0337. The summed E-state index contributed by atoms with van der Waals surface area (Å²) in [5, 5.41) is 5.13. The van der Waals surface area contributed by atoms with Crippen molar-refractivity contribution in [1.82, 2.24) is 15.0 Å². The molecule has 0 aliphatic carbocycles. The van der Waals surface area contributed by atoms with Gasteiger partial charge in [-0.05, 0) is 50.6 Å². The fraction of sp³-hybridized carbons (Fsp3) is 0.500. The highest BCUT2D eigenvalue weighted by Crippen LogP contribution is 2.32. The largest absolute Gasteiger partial charge is 0.493 e. The molecule has 6 nitrogen and oxygen atoms in total. The van der Waals surface area contributed by atoms with Crippen molar-refractivity contribution in [1.29, 1.82) is 0 Å². The summed E-state index contributed by atoms with van der Waals surface area (Å²) in [6.07, 6.45) is 2.87. The minimum absolute atomic E-state index is 0.214. The zero-order valence-corrected chi connectivity index (χ0v) is 19.3. The second-order valence-corrected chi connectivity index (χ2v) is 9.17. The molecule has 1 aromatic heterocycles. The lowest BCUT2D eigenvalue weighted by Gasteiger charge is -2.31. The van der Waals surface area contributed by atoms with E-state index in [4.69, 9.17) is 14.0 Å². The normalized spacial score (nSPS) is 18.5. The van der Waals surface area contributed by atoms with E-state index in [1.54, 1.807) is 6.07 Å². The third-order valence-corrected chi connectivity index (χ3v) is 6.85. The van der Waals surface area contributed by atoms with Crippen molar-refractivity contribution < 1.29 is 22.8 Å². The number of rotatable bonds is 8. The Hall–Kier alpha value is -2.55. The molecule has 5 rings (SSSR count). The van der Waals surface area contributed by atoms with Crippen LogP contribution in [0.3, 0.4) is 0 Å². The Labute approximate surface area is 198 Å². The van der Waals surface area contributed by atoms with Crippen molar-refractivity contribution in [2.24, 2.45) is 0 Å². The molecule has 0 atom stereocenters. The molecule has 0 amide bonds. The Morgan fingerprint density at radius 2 is 1.79 bits per heavy atom. The van der Waals surface area contributed by atoms with Gasteiger partial charge in [-0.3, -0.25) is 4.90 Å². The molecule has 0 unspecified atom stereocenters. The van der Waals surface area contributed by atoms with Crippen LogP contribution in [0.1, 0.15) is 36.4 Å². The van der Waals surface area contributed by atoms with Gasteiger partial charge >= 0.3 is 0 Å². The van der Waals surface area contributed by atoms with E-state index in [2.05, 4.69) is 15.0 Å². The molecule has 0 spiro atoms. The molecule has 2 aromatic carbocycles. The third kappa shape index (κ3) is 5.56. The highest BCUT2D eigenvalue weighted by atomic mass is 19.1. The van der Waals surface area contributed by atoms with Crippen LogP contribution in [-0.2, 0) is 11.3 Å². The van der Waals surface area contributed by atoms with Gasteiger partial charge in [0.1, 0.15) is 17.4 Å². The highest BCUT2D eigenvalue weighted by Gasteiger charge is 2.25. The Balaban J connectivity index is 1.04. The van der Waals surface area contributed by atoms with Crippen LogP contribution in [0.4, 0.5) is 8.78 Å². The summed E-state index contributed by atoms with van der Waals surface area (Å²) in [6.45, 7) is 7.14. The predicted octanol–water partition coefficient (Wildman–Crippen LogP) is 4.59. The first-order chi connectivity index (χ1) is 16.7. The van der Waals surface area contributed by atoms with E-state index in [-0.39, 0.29) is 11.6 Å². The molecule has 0 N–H and O–H groups in total. The van der Waals surface area contributed by atoms with Gasteiger partial charge in [-0.1, -0.05) is 11.2 Å². The SMILES string of the molecule is Fc1ccc2c(C3CCN(CCCOc4ccc(CN5CCOCC5)c(F)c4)CC3)noc2c1. The summed E-state index contributed by atoms with van der Waals surface area (Å²) in [7, 11) is 0. The molecule has 0 bridgehead atoms. The Morgan fingerprint density at radius 3 is 2.59 bits per heavy atom. The second kappa shape index (κ2) is 10.8. The number of hydrogen-bond donors (Lipinski definition) is 0. The van der Waals surface area contributed by atoms with Gasteiger partial charge < -0.3 is 18.9 Å². The van der Waals surface area contributed by atoms with E-state index >= 15 is 0 Å². The highest BCUT2D eigenvalue weighted by molar-refractivity contribution is 5.79. The molecule has 2 aliphatic rings. The molecule has 2 fully saturated rings. The molecule has 2 aliphatic heterocycles. The van der Waals surface area contributed by atoms with E-state index in [0.717, 1.165) is 63.1 Å². The summed E-state index contributed by atoms with van der Waals surface area (Å²) in [4.78, 5) is 4.63. The van der Waals surface area contributed by atoms with Crippen molar-refractivity contribution in [3.63, 3.8) is 0 Å². The maximum absolute atomic E-state index is 14.5. The van der Waals surface area contributed by atoms with Crippen LogP contribution in [0.25, 0.3) is 11.0 Å². The van der Waals surface area contributed by atoms with Crippen LogP contribution < -0.4 is 4.74 Å². The number of piperidine rings is 1. The van der Waals surface area contributed by atoms with Crippen molar-refractivity contribution in [3.8, 4) is 5.75 Å². The van der Waals surface area contributed by atoms with Crippen molar-refractivity contribution in [3.05, 3.63) is 59.3 Å². The number of halogens is 2. The topological polar surface area (TPSA) is 51.0 Å². The Morgan fingerprint density at radius 1 is 0.971 bits per heavy atom. The van der Waals surface area contributed by atoms with E-state index in [9.17, 15) is 8.78 Å². The maximum atomic E-state index is 14.5. The van der Waals surface area contributed by atoms with Gasteiger partial charge in [0.05, 0.1) is 25.5 Å². The van der Waals surface area contributed by atoms with Crippen LogP contribution in [0.2, 0.25) is 0 Å². The van der Waals surface area contributed by atoms with Gasteiger partial charge in [0.15, 0.2) is 5.58 Å². The zero-order valence-electron chi connectivity index (χ0n) is 19.3. The van der Waals surface area contributed by atoms with Crippen LogP contribution in [0.15, 0.2) is 40.9 Å².